The van der Waals surface area contributed by atoms with Crippen molar-refractivity contribution in [3.63, 3.8) is 0 Å². The van der Waals surface area contributed by atoms with E-state index in [1.807, 2.05) is 16.7 Å². The van der Waals surface area contributed by atoms with Gasteiger partial charge in [-0.3, -0.25) is 4.40 Å². The van der Waals surface area contributed by atoms with Crippen molar-refractivity contribution in [2.75, 3.05) is 18.0 Å². The molecule has 0 N–H and O–H groups in total. The van der Waals surface area contributed by atoms with Crippen molar-refractivity contribution in [3.8, 4) is 0 Å². The van der Waals surface area contributed by atoms with Crippen molar-refractivity contribution < 1.29 is 9.13 Å². The number of hydrogen-bond donors (Lipinski definition) is 0. The molecule has 150 valence electrons. The van der Waals surface area contributed by atoms with Gasteiger partial charge in [-0.1, -0.05) is 23.7 Å². The third-order valence-corrected chi connectivity index (χ3v) is 7.11. The molecule has 5 nitrogen and oxygen atoms in total. The van der Waals surface area contributed by atoms with Gasteiger partial charge in [0, 0.05) is 31.3 Å². The summed E-state index contributed by atoms with van der Waals surface area (Å²) in [7, 11) is 0. The van der Waals surface area contributed by atoms with Crippen molar-refractivity contribution in [2.45, 2.75) is 44.3 Å². The Kier molecular flexibility index (Phi) is 3.90. The number of piperidine rings is 1. The van der Waals surface area contributed by atoms with Gasteiger partial charge in [-0.25, -0.2) is 4.39 Å². The summed E-state index contributed by atoms with van der Waals surface area (Å²) in [6.45, 7) is 1.96. The third kappa shape index (κ3) is 2.76. The van der Waals surface area contributed by atoms with Crippen LogP contribution in [0, 0.1) is 11.7 Å². The quantitative estimate of drug-likeness (QED) is 0.635. The Morgan fingerprint density at radius 2 is 2.00 bits per heavy atom. The Balaban J connectivity index is 1.26. The highest BCUT2D eigenvalue weighted by molar-refractivity contribution is 6.36. The van der Waals surface area contributed by atoms with Gasteiger partial charge < -0.3 is 9.64 Å². The number of anilines is 1. The molecular formula is C22H22ClFN4O. The van der Waals surface area contributed by atoms with Crippen LogP contribution in [0.4, 0.5) is 10.1 Å². The summed E-state index contributed by atoms with van der Waals surface area (Å²) in [5, 5.41) is 9.37. The third-order valence-electron chi connectivity index (χ3n) is 6.75. The molecule has 2 fully saturated rings. The molecule has 2 aliphatic heterocycles. The summed E-state index contributed by atoms with van der Waals surface area (Å²) < 4.78 is 22.3. The van der Waals surface area contributed by atoms with Gasteiger partial charge in [0.2, 0.25) is 0 Å². The summed E-state index contributed by atoms with van der Waals surface area (Å²) in [6.07, 6.45) is 7.19. The Morgan fingerprint density at radius 1 is 1.17 bits per heavy atom. The molecule has 1 spiro atoms. The second-order valence-corrected chi connectivity index (χ2v) is 8.89. The van der Waals surface area contributed by atoms with E-state index < -0.39 is 0 Å². The van der Waals surface area contributed by atoms with Crippen LogP contribution in [0.2, 0.25) is 5.02 Å². The lowest BCUT2D eigenvalue weighted by atomic mass is 9.83. The van der Waals surface area contributed by atoms with Crippen molar-refractivity contribution in [1.82, 2.24) is 14.6 Å². The first kappa shape index (κ1) is 17.7. The van der Waals surface area contributed by atoms with Crippen LogP contribution in [0.15, 0.2) is 30.5 Å². The fraction of sp³-hybridized carbons (Fsp3) is 0.455. The van der Waals surface area contributed by atoms with Crippen LogP contribution in [-0.2, 0) is 23.4 Å². The average Bonchev–Trinajstić information content (AvgIpc) is 3.35. The Morgan fingerprint density at radius 3 is 2.79 bits per heavy atom. The van der Waals surface area contributed by atoms with Crippen LogP contribution in [0.25, 0.3) is 5.65 Å². The molecular weight excluding hydrogens is 391 g/mol. The number of rotatable bonds is 3. The summed E-state index contributed by atoms with van der Waals surface area (Å²) in [5.74, 6) is 1.58. The average molecular weight is 413 g/mol. The minimum atomic E-state index is -0.378. The van der Waals surface area contributed by atoms with Gasteiger partial charge in [0.05, 0.1) is 17.9 Å². The Hall–Kier alpha value is -2.18. The second-order valence-electron chi connectivity index (χ2n) is 8.51. The smallest absolute Gasteiger partial charge is 0.181 e. The molecule has 6 rings (SSSR count). The van der Waals surface area contributed by atoms with E-state index >= 15 is 0 Å². The van der Waals surface area contributed by atoms with E-state index in [0.29, 0.717) is 17.2 Å². The molecule has 0 radical (unpaired) electrons. The monoisotopic (exact) mass is 412 g/mol. The number of hydrogen-bond acceptors (Lipinski definition) is 4. The normalized spacial score (nSPS) is 20.6. The molecule has 3 aliphatic rings. The summed E-state index contributed by atoms with van der Waals surface area (Å²) in [5.41, 5.74) is 3.06. The Labute approximate surface area is 173 Å². The van der Waals surface area contributed by atoms with Crippen LogP contribution >= 0.6 is 11.6 Å². The number of aromatic nitrogens is 3. The maximum atomic E-state index is 14.1. The van der Waals surface area contributed by atoms with E-state index in [1.54, 1.807) is 6.07 Å². The lowest BCUT2D eigenvalue weighted by molar-refractivity contribution is -0.0553. The molecule has 2 aromatic heterocycles. The first-order valence-corrected chi connectivity index (χ1v) is 10.7. The number of fused-ring (bicyclic) bond motifs is 3. The van der Waals surface area contributed by atoms with E-state index in [-0.39, 0.29) is 11.4 Å². The standard InChI is InChI=1S/C22H22ClFN4O/c23-20-18(6-9-28-19(12-14-4-5-14)25-26-21(20)28)27-10-7-22(8-11-27)16-2-1-3-17(24)15(16)13-29-22/h1-3,6,9,14H,4-5,7-8,10-13H2. The minimum Gasteiger partial charge on any atom is -0.370 e. The van der Waals surface area contributed by atoms with Crippen LogP contribution in [-0.4, -0.2) is 27.7 Å². The number of benzene rings is 1. The first-order valence-electron chi connectivity index (χ1n) is 10.3. The summed E-state index contributed by atoms with van der Waals surface area (Å²) in [6, 6.07) is 7.38. The van der Waals surface area contributed by atoms with Gasteiger partial charge in [0.25, 0.3) is 0 Å². The minimum absolute atomic E-state index is 0.163. The number of ether oxygens (including phenoxy) is 1. The molecule has 0 amide bonds. The highest BCUT2D eigenvalue weighted by Crippen LogP contribution is 2.46. The molecule has 29 heavy (non-hydrogen) atoms. The number of halogens is 2. The maximum absolute atomic E-state index is 14.1. The highest BCUT2D eigenvalue weighted by atomic mass is 35.5. The van der Waals surface area contributed by atoms with Crippen molar-refractivity contribution in [3.05, 3.63) is 58.3 Å². The van der Waals surface area contributed by atoms with Crippen LogP contribution in [0.1, 0.15) is 42.6 Å². The molecule has 1 saturated carbocycles. The lowest BCUT2D eigenvalue weighted by Gasteiger charge is -2.40. The molecule has 0 bridgehead atoms. The number of nitrogens with zero attached hydrogens (tertiary/aromatic N) is 4. The zero-order chi connectivity index (χ0) is 19.6. The molecule has 7 heteroatoms. The fourth-order valence-electron chi connectivity index (χ4n) is 4.87. The van der Waals surface area contributed by atoms with Gasteiger partial charge in [-0.2, -0.15) is 0 Å². The molecule has 3 aromatic rings. The zero-order valence-electron chi connectivity index (χ0n) is 16.1. The maximum Gasteiger partial charge on any atom is 0.181 e. The summed E-state index contributed by atoms with van der Waals surface area (Å²) in [4.78, 5) is 2.28. The van der Waals surface area contributed by atoms with Crippen molar-refractivity contribution in [2.24, 2.45) is 5.92 Å². The van der Waals surface area contributed by atoms with Crippen molar-refractivity contribution in [1.29, 1.82) is 0 Å². The van der Waals surface area contributed by atoms with Crippen LogP contribution < -0.4 is 4.90 Å². The zero-order valence-corrected chi connectivity index (χ0v) is 16.8. The largest absolute Gasteiger partial charge is 0.370 e. The van der Waals surface area contributed by atoms with Crippen LogP contribution in [0.3, 0.4) is 0 Å². The molecule has 1 aliphatic carbocycles. The topological polar surface area (TPSA) is 42.7 Å². The van der Waals surface area contributed by atoms with Gasteiger partial charge in [-0.15, -0.1) is 10.2 Å². The summed E-state index contributed by atoms with van der Waals surface area (Å²) >= 11 is 6.75. The predicted molar refractivity (Wildman–Crippen MR) is 109 cm³/mol. The predicted octanol–water partition coefficient (Wildman–Crippen LogP) is 4.50. The van der Waals surface area contributed by atoms with Crippen LogP contribution in [0.5, 0.6) is 0 Å². The highest BCUT2D eigenvalue weighted by Gasteiger charge is 2.43. The van der Waals surface area contributed by atoms with E-state index in [9.17, 15) is 4.39 Å². The fourth-order valence-corrected chi connectivity index (χ4v) is 5.18. The van der Waals surface area contributed by atoms with Gasteiger partial charge in [0.15, 0.2) is 5.65 Å². The van der Waals surface area contributed by atoms with Gasteiger partial charge in [-0.05, 0) is 49.3 Å². The molecule has 0 atom stereocenters. The van der Waals surface area contributed by atoms with Gasteiger partial charge >= 0.3 is 0 Å². The SMILES string of the molecule is Fc1cccc2c1COC21CCN(c2ccn3c(CC4CC4)nnc3c2Cl)CC1. The lowest BCUT2D eigenvalue weighted by Crippen LogP contribution is -2.42. The molecule has 1 saturated heterocycles. The second kappa shape index (κ2) is 6.41. The first-order chi connectivity index (χ1) is 14.1. The Bertz CT molecular complexity index is 1100. The molecule has 0 unspecified atom stereocenters. The van der Waals surface area contributed by atoms with Crippen molar-refractivity contribution >= 4 is 22.9 Å². The van der Waals surface area contributed by atoms with E-state index in [4.69, 9.17) is 16.3 Å². The molecule has 1 aromatic carbocycles. The van der Waals surface area contributed by atoms with E-state index in [0.717, 1.165) is 61.0 Å². The molecule has 4 heterocycles. The number of pyridine rings is 1. The van der Waals surface area contributed by atoms with E-state index in [2.05, 4.69) is 21.2 Å². The van der Waals surface area contributed by atoms with Gasteiger partial charge in [0.1, 0.15) is 16.7 Å². The van der Waals surface area contributed by atoms with E-state index in [1.165, 1.54) is 18.9 Å².